The molecule has 2 unspecified atom stereocenters. The maximum Gasteiger partial charge on any atom is 0.418 e. The molecule has 0 radical (unpaired) electrons. The second-order valence-electron chi connectivity index (χ2n) is 3.99. The Labute approximate surface area is 92.8 Å². The van der Waals surface area contributed by atoms with Crippen molar-refractivity contribution in [3.63, 3.8) is 0 Å². The van der Waals surface area contributed by atoms with E-state index in [1.807, 2.05) is 0 Å². The van der Waals surface area contributed by atoms with Gasteiger partial charge in [0.2, 0.25) is 0 Å². The number of halogens is 4. The highest BCUT2D eigenvalue weighted by Crippen LogP contribution is 2.37. The van der Waals surface area contributed by atoms with Gasteiger partial charge in [-0.25, -0.2) is 0 Å². The summed E-state index contributed by atoms with van der Waals surface area (Å²) in [5, 5.41) is 9.30. The zero-order valence-electron chi connectivity index (χ0n) is 8.42. The number of aliphatic hydroxyl groups is 1. The number of nitrogens with two attached hydrogens (primary N) is 1. The van der Waals surface area contributed by atoms with Gasteiger partial charge in [0.1, 0.15) is 0 Å². The second kappa shape index (κ2) is 4.86. The van der Waals surface area contributed by atoms with Crippen LogP contribution in [-0.4, -0.2) is 47.5 Å². The van der Waals surface area contributed by atoms with E-state index in [2.05, 4.69) is 0 Å². The van der Waals surface area contributed by atoms with Crippen LogP contribution in [0.25, 0.3) is 0 Å². The molecule has 7 heteroatoms. The van der Waals surface area contributed by atoms with Crippen LogP contribution in [0.1, 0.15) is 13.3 Å². The largest absolute Gasteiger partial charge is 0.418 e. The van der Waals surface area contributed by atoms with Gasteiger partial charge in [-0.15, -0.1) is 12.4 Å². The summed E-state index contributed by atoms with van der Waals surface area (Å²) in [5.41, 5.74) is 2.93. The van der Waals surface area contributed by atoms with Gasteiger partial charge in [0.15, 0.2) is 5.60 Å². The van der Waals surface area contributed by atoms with Crippen LogP contribution in [0.5, 0.6) is 0 Å². The number of nitrogens with zero attached hydrogens (tertiary/aromatic N) is 1. The van der Waals surface area contributed by atoms with E-state index in [4.69, 9.17) is 5.73 Å². The predicted molar refractivity (Wildman–Crippen MR) is 53.0 cm³/mol. The minimum atomic E-state index is -4.54. The van der Waals surface area contributed by atoms with Crippen molar-refractivity contribution in [1.82, 2.24) is 4.90 Å². The number of hydrogen-bond acceptors (Lipinski definition) is 3. The molecule has 3 N–H and O–H groups in total. The maximum atomic E-state index is 12.3. The summed E-state index contributed by atoms with van der Waals surface area (Å²) in [6, 6.07) is -0.175. The summed E-state index contributed by atoms with van der Waals surface area (Å²) in [6.45, 7) is 2.00. The van der Waals surface area contributed by atoms with Crippen molar-refractivity contribution in [2.24, 2.45) is 5.73 Å². The molecule has 1 fully saturated rings. The van der Waals surface area contributed by atoms with Crippen LogP contribution in [0.4, 0.5) is 13.2 Å². The van der Waals surface area contributed by atoms with Crippen molar-refractivity contribution < 1.29 is 18.3 Å². The smallest absolute Gasteiger partial charge is 0.379 e. The van der Waals surface area contributed by atoms with Crippen LogP contribution in [0, 0.1) is 0 Å². The van der Waals surface area contributed by atoms with Gasteiger partial charge in [0.05, 0.1) is 0 Å². The number of rotatable bonds is 2. The summed E-state index contributed by atoms with van der Waals surface area (Å²) in [5.74, 6) is 0. The molecule has 92 valence electrons. The fourth-order valence-electron chi connectivity index (χ4n) is 1.67. The second-order valence-corrected chi connectivity index (χ2v) is 3.99. The van der Waals surface area contributed by atoms with Crippen molar-refractivity contribution in [1.29, 1.82) is 0 Å². The van der Waals surface area contributed by atoms with Crippen molar-refractivity contribution in [3.8, 4) is 0 Å². The molecule has 0 aliphatic carbocycles. The van der Waals surface area contributed by atoms with Crippen molar-refractivity contribution in [2.45, 2.75) is 31.2 Å². The van der Waals surface area contributed by atoms with Crippen LogP contribution in [0.2, 0.25) is 0 Å². The Kier molecular flexibility index (Phi) is 4.85. The SMILES string of the molecule is CC(N)CN1CCC(O)(C(F)(F)F)C1.Cl. The Hall–Kier alpha value is -0.0400. The molecule has 0 saturated carbocycles. The third kappa shape index (κ3) is 3.48. The Morgan fingerprint density at radius 3 is 2.40 bits per heavy atom. The van der Waals surface area contributed by atoms with Gasteiger partial charge in [-0.05, 0) is 13.3 Å². The molecule has 1 aliphatic rings. The van der Waals surface area contributed by atoms with E-state index in [0.717, 1.165) is 0 Å². The highest BCUT2D eigenvalue weighted by Gasteiger charge is 2.56. The zero-order valence-corrected chi connectivity index (χ0v) is 9.24. The Balaban J connectivity index is 0.00000196. The Morgan fingerprint density at radius 1 is 1.53 bits per heavy atom. The molecule has 0 amide bonds. The van der Waals surface area contributed by atoms with Crippen molar-refractivity contribution in [2.75, 3.05) is 19.6 Å². The molecule has 0 spiro atoms. The molecule has 3 nitrogen and oxygen atoms in total. The van der Waals surface area contributed by atoms with Gasteiger partial charge in [-0.1, -0.05) is 0 Å². The van der Waals surface area contributed by atoms with Gasteiger partial charge >= 0.3 is 6.18 Å². The summed E-state index contributed by atoms with van der Waals surface area (Å²) in [4.78, 5) is 1.54. The first-order chi connectivity index (χ1) is 6.24. The van der Waals surface area contributed by atoms with E-state index in [-0.39, 0.29) is 38.0 Å². The van der Waals surface area contributed by atoms with E-state index < -0.39 is 11.8 Å². The van der Waals surface area contributed by atoms with E-state index in [9.17, 15) is 18.3 Å². The zero-order chi connectivity index (χ0) is 11.0. The molecule has 1 saturated heterocycles. The Bertz CT molecular complexity index is 213. The quantitative estimate of drug-likeness (QED) is 0.759. The average Bonchev–Trinajstić information content (AvgIpc) is 2.30. The van der Waals surface area contributed by atoms with Gasteiger partial charge in [0.25, 0.3) is 0 Å². The minimum absolute atomic E-state index is 0. The molecular formula is C8H16ClF3N2O. The van der Waals surface area contributed by atoms with Gasteiger partial charge in [-0.2, -0.15) is 13.2 Å². The van der Waals surface area contributed by atoms with E-state index in [1.165, 1.54) is 4.90 Å². The molecule has 15 heavy (non-hydrogen) atoms. The van der Waals surface area contributed by atoms with Crippen LogP contribution >= 0.6 is 12.4 Å². The molecule has 0 aromatic heterocycles. The lowest BCUT2D eigenvalue weighted by Crippen LogP contribution is -2.48. The first-order valence-electron chi connectivity index (χ1n) is 4.52. The standard InChI is InChI=1S/C8H15F3N2O.ClH/c1-6(12)4-13-3-2-7(14,5-13)8(9,10)11;/h6,14H,2-5,12H2,1H3;1H. The third-order valence-corrected chi connectivity index (χ3v) is 2.40. The summed E-state index contributed by atoms with van der Waals surface area (Å²) in [7, 11) is 0. The van der Waals surface area contributed by atoms with Crippen LogP contribution < -0.4 is 5.73 Å². The third-order valence-electron chi connectivity index (χ3n) is 2.40. The van der Waals surface area contributed by atoms with Crippen LogP contribution in [0.3, 0.4) is 0 Å². The summed E-state index contributed by atoms with van der Waals surface area (Å²) in [6.07, 6.45) is -4.80. The minimum Gasteiger partial charge on any atom is -0.379 e. The molecule has 1 rings (SSSR count). The summed E-state index contributed by atoms with van der Waals surface area (Å²) >= 11 is 0. The highest BCUT2D eigenvalue weighted by atomic mass is 35.5. The van der Waals surface area contributed by atoms with Crippen molar-refractivity contribution in [3.05, 3.63) is 0 Å². The van der Waals surface area contributed by atoms with Gasteiger partial charge in [0, 0.05) is 25.7 Å². The number of alkyl halides is 3. The normalized spacial score (nSPS) is 30.0. The van der Waals surface area contributed by atoms with Crippen LogP contribution in [-0.2, 0) is 0 Å². The number of β-amino-alcohol motifs (C(OH)–C–C–N with tert-alkyl or cyclic N) is 1. The molecule has 0 aromatic carbocycles. The van der Waals surface area contributed by atoms with Crippen molar-refractivity contribution >= 4 is 12.4 Å². The van der Waals surface area contributed by atoms with Gasteiger partial charge < -0.3 is 10.8 Å². The Morgan fingerprint density at radius 2 is 2.07 bits per heavy atom. The number of hydrogen-bond donors (Lipinski definition) is 2. The lowest BCUT2D eigenvalue weighted by atomic mass is 10.0. The molecule has 2 atom stereocenters. The highest BCUT2D eigenvalue weighted by molar-refractivity contribution is 5.85. The maximum absolute atomic E-state index is 12.3. The van der Waals surface area contributed by atoms with Gasteiger partial charge in [-0.3, -0.25) is 4.90 Å². The molecule has 0 bridgehead atoms. The molecule has 0 aromatic rings. The van der Waals surface area contributed by atoms with E-state index in [1.54, 1.807) is 6.92 Å². The first-order valence-corrected chi connectivity index (χ1v) is 4.52. The fourth-order valence-corrected chi connectivity index (χ4v) is 1.67. The number of likely N-dealkylation sites (tertiary alicyclic amines) is 1. The molecular weight excluding hydrogens is 233 g/mol. The lowest BCUT2D eigenvalue weighted by molar-refractivity contribution is -0.253. The molecule has 1 heterocycles. The first kappa shape index (κ1) is 15.0. The van der Waals surface area contributed by atoms with Crippen LogP contribution in [0.15, 0.2) is 0 Å². The van der Waals surface area contributed by atoms with E-state index in [0.29, 0.717) is 6.54 Å². The average molecular weight is 249 g/mol. The topological polar surface area (TPSA) is 49.5 Å². The van der Waals surface area contributed by atoms with E-state index >= 15 is 0 Å². The monoisotopic (exact) mass is 248 g/mol. The fraction of sp³-hybridized carbons (Fsp3) is 1.00. The summed E-state index contributed by atoms with van der Waals surface area (Å²) < 4.78 is 37.0. The molecule has 1 aliphatic heterocycles. The lowest BCUT2D eigenvalue weighted by Gasteiger charge is -2.26. The predicted octanol–water partition coefficient (Wildman–Crippen LogP) is 0.754.